The average Bonchev–Trinajstić information content (AvgIpc) is 2.99. The van der Waals surface area contributed by atoms with Gasteiger partial charge in [-0.3, -0.25) is 9.11 Å². The standard InChI is InChI=1S/C12H10O4S.2C8H10O5S/c13-9-1-5-11(6-2-9)17(15,16)12-7-3-10(14)4-8-12;2*9-5-6-13-7-1-3-8(4-2-7)14(10,11)12/h1-8,13-14H;2*1-4,9H,5-6H2,(H,10,11,12). The second-order valence-electron chi connectivity index (χ2n) is 8.53. The summed E-state index contributed by atoms with van der Waals surface area (Å²) in [6, 6.07) is 21.1. The van der Waals surface area contributed by atoms with Gasteiger partial charge in [0.05, 0.1) is 32.8 Å². The summed E-state index contributed by atoms with van der Waals surface area (Å²) < 4.78 is 94.0. The molecule has 14 nitrogen and oxygen atoms in total. The molecule has 0 amide bonds. The fraction of sp³-hybridized carbons (Fsp3) is 0.143. The van der Waals surface area contributed by atoms with Crippen LogP contribution in [0.1, 0.15) is 0 Å². The number of phenols is 2. The molecule has 4 aromatic rings. The van der Waals surface area contributed by atoms with Crippen molar-refractivity contribution in [1.82, 2.24) is 0 Å². The van der Waals surface area contributed by atoms with Gasteiger partial charge in [-0.2, -0.15) is 16.8 Å². The third-order valence-electron chi connectivity index (χ3n) is 5.26. The Kier molecular flexibility index (Phi) is 13.7. The number of aliphatic hydroxyl groups is 2. The molecule has 0 bridgehead atoms. The van der Waals surface area contributed by atoms with E-state index in [2.05, 4.69) is 0 Å². The maximum Gasteiger partial charge on any atom is 0.294 e. The number of phenolic OH excluding ortho intramolecular Hbond substituents is 2. The molecule has 0 aliphatic rings. The van der Waals surface area contributed by atoms with Crippen molar-refractivity contribution in [2.24, 2.45) is 0 Å². The molecule has 0 fully saturated rings. The molecule has 4 aromatic carbocycles. The van der Waals surface area contributed by atoms with E-state index in [9.17, 15) is 25.3 Å². The highest BCUT2D eigenvalue weighted by atomic mass is 32.2. The molecule has 0 saturated carbocycles. The molecule has 0 aliphatic carbocycles. The Labute approximate surface area is 259 Å². The maximum atomic E-state index is 12.1. The van der Waals surface area contributed by atoms with E-state index in [1.54, 1.807) is 0 Å². The normalized spacial score (nSPS) is 11.3. The van der Waals surface area contributed by atoms with E-state index in [-0.39, 0.29) is 57.5 Å². The van der Waals surface area contributed by atoms with Gasteiger partial charge in [-0.1, -0.05) is 0 Å². The van der Waals surface area contributed by atoms with E-state index in [0.29, 0.717) is 11.5 Å². The Hall–Kier alpha value is -4.23. The zero-order chi connectivity index (χ0) is 33.7. The van der Waals surface area contributed by atoms with Crippen molar-refractivity contribution in [3.63, 3.8) is 0 Å². The summed E-state index contributed by atoms with van der Waals surface area (Å²) in [7, 11) is -11.9. The summed E-state index contributed by atoms with van der Waals surface area (Å²) in [6.07, 6.45) is 0. The molecule has 6 N–H and O–H groups in total. The summed E-state index contributed by atoms with van der Waals surface area (Å²) >= 11 is 0. The van der Waals surface area contributed by atoms with Crippen LogP contribution in [0.4, 0.5) is 0 Å². The highest BCUT2D eigenvalue weighted by Gasteiger charge is 2.17. The summed E-state index contributed by atoms with van der Waals surface area (Å²) in [6.45, 7) is 0.0660. The number of hydrogen-bond donors (Lipinski definition) is 6. The monoisotopic (exact) mass is 686 g/mol. The van der Waals surface area contributed by atoms with E-state index in [0.717, 1.165) is 0 Å². The molecule has 4 rings (SSSR count). The highest BCUT2D eigenvalue weighted by Crippen LogP contribution is 2.24. The molecule has 0 spiro atoms. The Balaban J connectivity index is 0.000000237. The van der Waals surface area contributed by atoms with Crippen LogP contribution in [0, 0.1) is 0 Å². The topological polar surface area (TPSA) is 242 Å². The van der Waals surface area contributed by atoms with Gasteiger partial charge in [0.1, 0.15) is 36.2 Å². The van der Waals surface area contributed by atoms with Gasteiger partial charge in [0.25, 0.3) is 20.2 Å². The molecule has 0 aliphatic heterocycles. The Morgan fingerprint density at radius 1 is 0.444 bits per heavy atom. The van der Waals surface area contributed by atoms with Crippen molar-refractivity contribution in [3.8, 4) is 23.0 Å². The second-order valence-corrected chi connectivity index (χ2v) is 13.3. The predicted molar refractivity (Wildman–Crippen MR) is 159 cm³/mol. The van der Waals surface area contributed by atoms with Crippen molar-refractivity contribution in [2.75, 3.05) is 26.4 Å². The molecule has 0 heterocycles. The van der Waals surface area contributed by atoms with Gasteiger partial charge in [-0.25, -0.2) is 8.42 Å². The lowest BCUT2D eigenvalue weighted by atomic mass is 10.3. The lowest BCUT2D eigenvalue weighted by molar-refractivity contribution is 0.201. The molecular weight excluding hydrogens is 656 g/mol. The number of sulfone groups is 1. The molecule has 244 valence electrons. The lowest BCUT2D eigenvalue weighted by Gasteiger charge is -2.04. The van der Waals surface area contributed by atoms with Gasteiger partial charge in [0.15, 0.2) is 0 Å². The SMILES string of the molecule is O=S(=O)(O)c1ccc(OCCO)cc1.O=S(=O)(O)c1ccc(OCCO)cc1.O=S(=O)(c1ccc(O)cc1)c1ccc(O)cc1. The Morgan fingerprint density at radius 3 is 0.956 bits per heavy atom. The third kappa shape index (κ3) is 12.4. The number of hydrogen-bond acceptors (Lipinski definition) is 12. The molecular formula is C28H30O14S3. The molecule has 0 atom stereocenters. The van der Waals surface area contributed by atoms with Crippen LogP contribution in [0.15, 0.2) is 117 Å². The van der Waals surface area contributed by atoms with Crippen molar-refractivity contribution in [1.29, 1.82) is 0 Å². The van der Waals surface area contributed by atoms with E-state index >= 15 is 0 Å². The number of ether oxygens (including phenoxy) is 2. The first kappa shape index (κ1) is 37.0. The van der Waals surface area contributed by atoms with E-state index < -0.39 is 30.1 Å². The van der Waals surface area contributed by atoms with E-state index in [1.165, 1.54) is 97.1 Å². The third-order valence-corrected chi connectivity index (χ3v) is 8.78. The van der Waals surface area contributed by atoms with Crippen molar-refractivity contribution in [3.05, 3.63) is 97.1 Å². The fourth-order valence-corrected chi connectivity index (χ4v) is 5.35. The fourth-order valence-electron chi connectivity index (χ4n) is 3.13. The molecule has 0 aromatic heterocycles. The smallest absolute Gasteiger partial charge is 0.294 e. The van der Waals surface area contributed by atoms with Crippen LogP contribution in [0.25, 0.3) is 0 Å². The minimum Gasteiger partial charge on any atom is -0.508 e. The summed E-state index contributed by atoms with van der Waals surface area (Å²) in [5.41, 5.74) is 0. The zero-order valence-electron chi connectivity index (χ0n) is 23.2. The highest BCUT2D eigenvalue weighted by molar-refractivity contribution is 7.91. The molecule has 0 radical (unpaired) electrons. The maximum absolute atomic E-state index is 12.1. The largest absolute Gasteiger partial charge is 0.508 e. The molecule has 0 unspecified atom stereocenters. The first-order valence-corrected chi connectivity index (χ1v) is 16.9. The first-order chi connectivity index (χ1) is 21.1. The summed E-state index contributed by atoms with van der Waals surface area (Å²) in [5, 5.41) is 35.1. The Bertz CT molecular complexity index is 1670. The van der Waals surface area contributed by atoms with Crippen LogP contribution in [0.3, 0.4) is 0 Å². The minimum absolute atomic E-state index is 0.00894. The van der Waals surface area contributed by atoms with Gasteiger partial charge >= 0.3 is 0 Å². The van der Waals surface area contributed by atoms with Gasteiger partial charge in [-0.05, 0) is 97.1 Å². The molecule has 17 heteroatoms. The predicted octanol–water partition coefficient (Wildman–Crippen LogP) is 2.54. The zero-order valence-corrected chi connectivity index (χ0v) is 25.7. The van der Waals surface area contributed by atoms with Crippen LogP contribution >= 0.6 is 0 Å². The summed E-state index contributed by atoms with van der Waals surface area (Å²) in [4.78, 5) is -0.176. The van der Waals surface area contributed by atoms with Crippen molar-refractivity contribution >= 4 is 30.1 Å². The van der Waals surface area contributed by atoms with E-state index in [1.807, 2.05) is 0 Å². The number of aromatic hydroxyl groups is 2. The molecule has 0 saturated heterocycles. The second kappa shape index (κ2) is 16.7. The van der Waals surface area contributed by atoms with E-state index in [4.69, 9.17) is 39.0 Å². The van der Waals surface area contributed by atoms with Crippen molar-refractivity contribution < 1.29 is 64.3 Å². The van der Waals surface area contributed by atoms with Crippen LogP contribution in [0.2, 0.25) is 0 Å². The van der Waals surface area contributed by atoms with Crippen molar-refractivity contribution in [2.45, 2.75) is 19.6 Å². The number of rotatable bonds is 10. The van der Waals surface area contributed by atoms with Crippen LogP contribution in [-0.2, 0) is 30.1 Å². The van der Waals surface area contributed by atoms with Gasteiger partial charge in [-0.15, -0.1) is 0 Å². The van der Waals surface area contributed by atoms with Gasteiger partial charge in [0.2, 0.25) is 9.84 Å². The first-order valence-electron chi connectivity index (χ1n) is 12.5. The summed E-state index contributed by atoms with van der Waals surface area (Å²) in [5.74, 6) is 0.891. The van der Waals surface area contributed by atoms with Crippen LogP contribution in [-0.4, -0.2) is 81.2 Å². The van der Waals surface area contributed by atoms with Crippen LogP contribution in [0.5, 0.6) is 23.0 Å². The van der Waals surface area contributed by atoms with Crippen LogP contribution < -0.4 is 9.47 Å². The van der Waals surface area contributed by atoms with Gasteiger partial charge < -0.3 is 29.9 Å². The lowest BCUT2D eigenvalue weighted by Crippen LogP contribution is -2.02. The average molecular weight is 687 g/mol. The minimum atomic E-state index is -4.15. The number of benzene rings is 4. The quantitative estimate of drug-likeness (QED) is 0.131. The number of aliphatic hydroxyl groups excluding tert-OH is 2. The molecule has 45 heavy (non-hydrogen) atoms. The van der Waals surface area contributed by atoms with Gasteiger partial charge in [0, 0.05) is 0 Å². The Morgan fingerprint density at radius 2 is 0.711 bits per heavy atom.